The molecule has 0 atom stereocenters. The SMILES string of the molecule is CN(C/C(N)=N/O)C(=O)c1ccc(Cl)c(F)c1. The molecule has 0 saturated heterocycles. The van der Waals surface area contributed by atoms with Gasteiger partial charge in [0.15, 0.2) is 5.84 Å². The van der Waals surface area contributed by atoms with Crippen LogP contribution >= 0.6 is 11.6 Å². The molecule has 1 aromatic rings. The van der Waals surface area contributed by atoms with E-state index in [1.165, 1.54) is 24.1 Å². The van der Waals surface area contributed by atoms with Crippen LogP contribution in [0.25, 0.3) is 0 Å². The summed E-state index contributed by atoms with van der Waals surface area (Å²) in [6.07, 6.45) is 0. The number of hydrogen-bond donors (Lipinski definition) is 2. The maximum atomic E-state index is 13.1. The summed E-state index contributed by atoms with van der Waals surface area (Å²) in [7, 11) is 1.45. The number of oxime groups is 1. The minimum absolute atomic E-state index is 0.0550. The molecule has 0 heterocycles. The monoisotopic (exact) mass is 259 g/mol. The highest BCUT2D eigenvalue weighted by Gasteiger charge is 2.14. The Hall–Kier alpha value is -1.82. The highest BCUT2D eigenvalue weighted by molar-refractivity contribution is 6.30. The first-order chi connectivity index (χ1) is 7.95. The molecule has 92 valence electrons. The molecule has 1 amide bonds. The predicted octanol–water partition coefficient (Wildman–Crippen LogP) is 1.30. The summed E-state index contributed by atoms with van der Waals surface area (Å²) in [4.78, 5) is 13.0. The number of amidine groups is 1. The zero-order valence-electron chi connectivity index (χ0n) is 9.02. The van der Waals surface area contributed by atoms with Crippen molar-refractivity contribution in [1.82, 2.24) is 4.90 Å². The Morgan fingerprint density at radius 3 is 2.82 bits per heavy atom. The minimum Gasteiger partial charge on any atom is -0.409 e. The van der Waals surface area contributed by atoms with Gasteiger partial charge < -0.3 is 15.8 Å². The summed E-state index contributed by atoms with van der Waals surface area (Å²) in [6, 6.07) is 3.73. The average Bonchev–Trinajstić information content (AvgIpc) is 2.31. The van der Waals surface area contributed by atoms with Crippen LogP contribution in [0.4, 0.5) is 4.39 Å². The van der Waals surface area contributed by atoms with Crippen LogP contribution in [0.1, 0.15) is 10.4 Å². The molecule has 7 heteroatoms. The van der Waals surface area contributed by atoms with Crippen LogP contribution < -0.4 is 5.73 Å². The zero-order chi connectivity index (χ0) is 13.0. The summed E-state index contributed by atoms with van der Waals surface area (Å²) in [6.45, 7) is -0.0560. The third kappa shape index (κ3) is 3.32. The fraction of sp³-hybridized carbons (Fsp3) is 0.200. The van der Waals surface area contributed by atoms with Crippen molar-refractivity contribution in [1.29, 1.82) is 0 Å². The Labute approximate surface area is 102 Å². The van der Waals surface area contributed by atoms with E-state index in [9.17, 15) is 9.18 Å². The number of halogens is 2. The van der Waals surface area contributed by atoms with Crippen LogP contribution in [0.5, 0.6) is 0 Å². The van der Waals surface area contributed by atoms with Crippen LogP contribution in [0.2, 0.25) is 5.02 Å². The van der Waals surface area contributed by atoms with Gasteiger partial charge in [0.25, 0.3) is 5.91 Å². The normalized spacial score (nSPS) is 11.4. The molecule has 0 unspecified atom stereocenters. The van der Waals surface area contributed by atoms with Gasteiger partial charge in [0.05, 0.1) is 11.6 Å². The number of carbonyl (C=O) groups is 1. The van der Waals surface area contributed by atoms with Gasteiger partial charge in [-0.25, -0.2) is 4.39 Å². The largest absolute Gasteiger partial charge is 0.409 e. The van der Waals surface area contributed by atoms with Crippen LogP contribution in [-0.4, -0.2) is 35.4 Å². The van der Waals surface area contributed by atoms with Crippen molar-refractivity contribution in [2.45, 2.75) is 0 Å². The Bertz CT molecular complexity index is 465. The second kappa shape index (κ2) is 5.49. The topological polar surface area (TPSA) is 78.9 Å². The van der Waals surface area contributed by atoms with Gasteiger partial charge in [-0.1, -0.05) is 16.8 Å². The number of rotatable bonds is 3. The van der Waals surface area contributed by atoms with E-state index < -0.39 is 11.7 Å². The molecule has 3 N–H and O–H groups in total. The maximum absolute atomic E-state index is 13.1. The van der Waals surface area contributed by atoms with E-state index >= 15 is 0 Å². The van der Waals surface area contributed by atoms with Crippen molar-refractivity contribution < 1.29 is 14.4 Å². The molecule has 0 spiro atoms. The number of likely N-dealkylation sites (N-methyl/N-ethyl adjacent to an activating group) is 1. The van der Waals surface area contributed by atoms with Gasteiger partial charge in [-0.2, -0.15) is 0 Å². The van der Waals surface area contributed by atoms with Gasteiger partial charge in [-0.15, -0.1) is 0 Å². The molecule has 0 radical (unpaired) electrons. The summed E-state index contributed by atoms with van der Waals surface area (Å²) in [5.74, 6) is -1.24. The minimum atomic E-state index is -0.672. The first-order valence-corrected chi connectivity index (χ1v) is 5.00. The molecule has 0 aliphatic heterocycles. The van der Waals surface area contributed by atoms with Crippen LogP contribution in [0.15, 0.2) is 23.4 Å². The molecule has 1 rings (SSSR count). The van der Waals surface area contributed by atoms with Crippen molar-refractivity contribution in [3.05, 3.63) is 34.6 Å². The number of amides is 1. The lowest BCUT2D eigenvalue weighted by Gasteiger charge is -2.16. The van der Waals surface area contributed by atoms with E-state index in [1.807, 2.05) is 0 Å². The lowest BCUT2D eigenvalue weighted by Crippen LogP contribution is -2.35. The van der Waals surface area contributed by atoms with E-state index in [-0.39, 0.29) is 23.0 Å². The summed E-state index contributed by atoms with van der Waals surface area (Å²) in [5.41, 5.74) is 5.39. The third-order valence-electron chi connectivity index (χ3n) is 2.04. The second-order valence-corrected chi connectivity index (χ2v) is 3.79. The second-order valence-electron chi connectivity index (χ2n) is 3.38. The fourth-order valence-corrected chi connectivity index (χ4v) is 1.31. The Kier molecular flexibility index (Phi) is 4.28. The van der Waals surface area contributed by atoms with Gasteiger partial charge in [-0.05, 0) is 18.2 Å². The quantitative estimate of drug-likeness (QED) is 0.372. The standard InChI is InChI=1S/C10H11ClFN3O2/c1-15(5-9(13)14-17)10(16)6-2-3-7(11)8(12)4-6/h2-4,17H,5H2,1H3,(H2,13,14). The first kappa shape index (κ1) is 13.2. The van der Waals surface area contributed by atoms with E-state index in [2.05, 4.69) is 5.16 Å². The van der Waals surface area contributed by atoms with Crippen molar-refractivity contribution in [2.75, 3.05) is 13.6 Å². The summed E-state index contributed by atoms with van der Waals surface area (Å²) >= 11 is 5.50. The van der Waals surface area contributed by atoms with Crippen LogP contribution in [0, 0.1) is 5.82 Å². The third-order valence-corrected chi connectivity index (χ3v) is 2.35. The lowest BCUT2D eigenvalue weighted by atomic mass is 10.2. The van der Waals surface area contributed by atoms with Gasteiger partial charge in [-0.3, -0.25) is 4.79 Å². The van der Waals surface area contributed by atoms with E-state index in [0.29, 0.717) is 0 Å². The lowest BCUT2D eigenvalue weighted by molar-refractivity contribution is 0.0813. The fourth-order valence-electron chi connectivity index (χ4n) is 1.20. The van der Waals surface area contributed by atoms with Gasteiger partial charge in [0.1, 0.15) is 5.82 Å². The van der Waals surface area contributed by atoms with Crippen molar-refractivity contribution in [2.24, 2.45) is 10.9 Å². The van der Waals surface area contributed by atoms with E-state index in [0.717, 1.165) is 6.07 Å². The number of hydrogen-bond acceptors (Lipinski definition) is 3. The van der Waals surface area contributed by atoms with Crippen molar-refractivity contribution in [3.8, 4) is 0 Å². The molecule has 0 saturated carbocycles. The molecule has 0 fully saturated rings. The van der Waals surface area contributed by atoms with Crippen molar-refractivity contribution in [3.63, 3.8) is 0 Å². The highest BCUT2D eigenvalue weighted by Crippen LogP contribution is 2.16. The van der Waals surface area contributed by atoms with E-state index in [1.54, 1.807) is 0 Å². The Morgan fingerprint density at radius 1 is 1.65 bits per heavy atom. The average molecular weight is 260 g/mol. The Balaban J connectivity index is 2.85. The highest BCUT2D eigenvalue weighted by atomic mass is 35.5. The predicted molar refractivity (Wildman–Crippen MR) is 61.8 cm³/mol. The molecular weight excluding hydrogens is 249 g/mol. The smallest absolute Gasteiger partial charge is 0.254 e. The zero-order valence-corrected chi connectivity index (χ0v) is 9.78. The number of carbonyl (C=O) groups excluding carboxylic acids is 1. The first-order valence-electron chi connectivity index (χ1n) is 4.62. The Morgan fingerprint density at radius 2 is 2.29 bits per heavy atom. The van der Waals surface area contributed by atoms with Gasteiger partial charge in [0.2, 0.25) is 0 Å². The number of nitrogens with zero attached hydrogens (tertiary/aromatic N) is 2. The van der Waals surface area contributed by atoms with Crippen LogP contribution in [0.3, 0.4) is 0 Å². The molecule has 1 aromatic carbocycles. The molecule has 0 aromatic heterocycles. The molecule has 0 aliphatic rings. The molecule has 0 bridgehead atoms. The number of nitrogens with two attached hydrogens (primary N) is 1. The van der Waals surface area contributed by atoms with Gasteiger partial charge >= 0.3 is 0 Å². The summed E-state index contributed by atoms with van der Waals surface area (Å²) in [5, 5.41) is 11.1. The molecular formula is C10H11ClFN3O2. The van der Waals surface area contributed by atoms with Crippen LogP contribution in [-0.2, 0) is 0 Å². The molecule has 0 aliphatic carbocycles. The van der Waals surface area contributed by atoms with Gasteiger partial charge in [0, 0.05) is 12.6 Å². The van der Waals surface area contributed by atoms with E-state index in [4.69, 9.17) is 22.5 Å². The summed E-state index contributed by atoms with van der Waals surface area (Å²) < 4.78 is 13.1. The molecule has 17 heavy (non-hydrogen) atoms. The van der Waals surface area contributed by atoms with Crippen molar-refractivity contribution >= 4 is 23.3 Å². The maximum Gasteiger partial charge on any atom is 0.254 e. The number of benzene rings is 1. The molecule has 5 nitrogen and oxygen atoms in total.